The third-order valence-electron chi connectivity index (χ3n) is 2.08. The topological polar surface area (TPSA) is 41.9 Å². The Morgan fingerprint density at radius 1 is 1.53 bits per heavy atom. The number of allylic oxidation sites excluding steroid dienone is 1. The fraction of sp³-hybridized carbons (Fsp3) is 0.455. The highest BCUT2D eigenvalue weighted by Gasteiger charge is 2.30. The summed E-state index contributed by atoms with van der Waals surface area (Å²) in [5.41, 5.74) is 1.24. The minimum atomic E-state index is -0.458. The van der Waals surface area contributed by atoms with Crippen molar-refractivity contribution in [1.82, 2.24) is 4.90 Å². The van der Waals surface area contributed by atoms with Crippen molar-refractivity contribution in [3.05, 3.63) is 23.5 Å². The Bertz CT molecular complexity index is 386. The van der Waals surface area contributed by atoms with E-state index in [-0.39, 0.29) is 6.09 Å². The molecule has 0 bridgehead atoms. The minimum Gasteiger partial charge on any atom is -0.443 e. The van der Waals surface area contributed by atoms with E-state index in [2.05, 4.69) is 4.99 Å². The summed E-state index contributed by atoms with van der Waals surface area (Å²) in [6.07, 6.45) is 5.12. The first kappa shape index (κ1) is 9.96. The average molecular weight is 206 g/mol. The Labute approximate surface area is 88.9 Å². The lowest BCUT2D eigenvalue weighted by atomic mass is 10.2. The maximum atomic E-state index is 11.8. The number of aliphatic imine (C=N–C) groups is 1. The molecule has 15 heavy (non-hydrogen) atoms. The van der Waals surface area contributed by atoms with Gasteiger partial charge in [-0.05, 0) is 32.9 Å². The van der Waals surface area contributed by atoms with Crippen LogP contribution in [0.2, 0.25) is 0 Å². The Hall–Kier alpha value is -1.58. The van der Waals surface area contributed by atoms with Gasteiger partial charge in [-0.25, -0.2) is 4.79 Å². The van der Waals surface area contributed by atoms with Gasteiger partial charge in [-0.15, -0.1) is 0 Å². The van der Waals surface area contributed by atoms with Crippen molar-refractivity contribution >= 4 is 12.3 Å². The molecule has 0 N–H and O–H groups in total. The Kier molecular flexibility index (Phi) is 2.14. The van der Waals surface area contributed by atoms with Crippen molar-refractivity contribution in [2.24, 2.45) is 4.99 Å². The molecule has 0 atom stereocenters. The highest BCUT2D eigenvalue weighted by atomic mass is 16.6. The van der Waals surface area contributed by atoms with Crippen LogP contribution in [0.3, 0.4) is 0 Å². The smallest absolute Gasteiger partial charge is 0.415 e. The summed E-state index contributed by atoms with van der Waals surface area (Å²) in [6.45, 7) is 6.12. The second-order valence-corrected chi connectivity index (χ2v) is 4.51. The number of nitrogens with zero attached hydrogens (tertiary/aromatic N) is 2. The summed E-state index contributed by atoms with van der Waals surface area (Å²) >= 11 is 0. The van der Waals surface area contributed by atoms with Gasteiger partial charge in [-0.3, -0.25) is 9.89 Å². The third-order valence-corrected chi connectivity index (χ3v) is 2.08. The molecule has 0 aliphatic carbocycles. The maximum absolute atomic E-state index is 11.8. The van der Waals surface area contributed by atoms with Crippen LogP contribution in [0.5, 0.6) is 0 Å². The quantitative estimate of drug-likeness (QED) is 0.609. The van der Waals surface area contributed by atoms with Crippen LogP contribution in [0.4, 0.5) is 4.79 Å². The fourth-order valence-corrected chi connectivity index (χ4v) is 1.49. The number of rotatable bonds is 0. The first-order valence-corrected chi connectivity index (χ1v) is 4.93. The Balaban J connectivity index is 2.06. The van der Waals surface area contributed by atoms with Crippen LogP contribution in [-0.4, -0.2) is 29.4 Å². The molecule has 2 aliphatic rings. The fourth-order valence-electron chi connectivity index (χ4n) is 1.49. The van der Waals surface area contributed by atoms with E-state index in [0.29, 0.717) is 6.54 Å². The minimum absolute atomic E-state index is 0.314. The van der Waals surface area contributed by atoms with E-state index in [0.717, 1.165) is 11.4 Å². The molecular formula is C11H14N2O2. The van der Waals surface area contributed by atoms with Gasteiger partial charge >= 0.3 is 6.09 Å². The number of hydrogen-bond donors (Lipinski definition) is 0. The van der Waals surface area contributed by atoms with Gasteiger partial charge in [0.2, 0.25) is 0 Å². The van der Waals surface area contributed by atoms with E-state index in [9.17, 15) is 4.79 Å². The number of carbonyl (C=O) groups excluding carboxylic acids is 1. The molecule has 0 saturated carbocycles. The van der Waals surface area contributed by atoms with Crippen molar-refractivity contribution in [3.8, 4) is 0 Å². The molecule has 2 heterocycles. The monoisotopic (exact) mass is 206 g/mol. The number of carbonyl (C=O) groups is 1. The third kappa shape index (κ3) is 1.93. The van der Waals surface area contributed by atoms with Gasteiger partial charge in [0.05, 0.1) is 11.4 Å². The molecule has 0 saturated heterocycles. The molecule has 0 fully saturated rings. The summed E-state index contributed by atoms with van der Waals surface area (Å²) < 4.78 is 5.29. The summed E-state index contributed by atoms with van der Waals surface area (Å²) in [6, 6.07) is 0. The van der Waals surface area contributed by atoms with Gasteiger partial charge in [0.1, 0.15) is 5.60 Å². The van der Waals surface area contributed by atoms with Crippen LogP contribution in [0.1, 0.15) is 20.8 Å². The van der Waals surface area contributed by atoms with E-state index in [1.54, 1.807) is 11.1 Å². The van der Waals surface area contributed by atoms with E-state index in [1.807, 2.05) is 32.9 Å². The molecule has 4 nitrogen and oxygen atoms in total. The molecule has 1 amide bonds. The number of hydrogen-bond acceptors (Lipinski definition) is 3. The van der Waals surface area contributed by atoms with Crippen molar-refractivity contribution < 1.29 is 9.53 Å². The predicted molar refractivity (Wildman–Crippen MR) is 57.6 cm³/mol. The van der Waals surface area contributed by atoms with Gasteiger partial charge in [-0.2, -0.15) is 0 Å². The van der Waals surface area contributed by atoms with E-state index in [1.165, 1.54) is 0 Å². The second kappa shape index (κ2) is 3.22. The molecule has 0 aromatic heterocycles. The molecular weight excluding hydrogens is 192 g/mol. The van der Waals surface area contributed by atoms with Crippen LogP contribution in [0.15, 0.2) is 28.5 Å². The van der Waals surface area contributed by atoms with Crippen molar-refractivity contribution in [2.75, 3.05) is 6.54 Å². The maximum Gasteiger partial charge on any atom is 0.415 e. The summed E-state index contributed by atoms with van der Waals surface area (Å²) in [4.78, 5) is 17.5. The van der Waals surface area contributed by atoms with E-state index >= 15 is 0 Å². The highest BCUT2D eigenvalue weighted by molar-refractivity contribution is 5.84. The molecule has 0 aromatic rings. The van der Waals surface area contributed by atoms with E-state index < -0.39 is 5.60 Å². The lowest BCUT2D eigenvalue weighted by molar-refractivity contribution is 0.0345. The van der Waals surface area contributed by atoms with Crippen LogP contribution in [-0.2, 0) is 4.74 Å². The standard InChI is InChI=1S/C11H14N2O2/c1-11(2,3)15-10(14)13-7-5-8-9(13)4-6-12-8/h4-6H,7H2,1-3H3. The van der Waals surface area contributed by atoms with Gasteiger partial charge < -0.3 is 4.74 Å². The van der Waals surface area contributed by atoms with Crippen LogP contribution >= 0.6 is 0 Å². The molecule has 0 unspecified atom stereocenters. The average Bonchev–Trinajstić information content (AvgIpc) is 2.57. The second-order valence-electron chi connectivity index (χ2n) is 4.51. The molecule has 0 spiro atoms. The van der Waals surface area contributed by atoms with Crippen molar-refractivity contribution in [2.45, 2.75) is 26.4 Å². The van der Waals surface area contributed by atoms with Crippen LogP contribution in [0.25, 0.3) is 0 Å². The molecule has 4 heteroatoms. The predicted octanol–water partition coefficient (Wildman–Crippen LogP) is 2.09. The van der Waals surface area contributed by atoms with Crippen molar-refractivity contribution in [3.63, 3.8) is 0 Å². The first-order chi connectivity index (χ1) is 6.97. The van der Waals surface area contributed by atoms with Crippen LogP contribution in [0, 0.1) is 0 Å². The highest BCUT2D eigenvalue weighted by Crippen LogP contribution is 2.27. The van der Waals surface area contributed by atoms with Gasteiger partial charge in [0.25, 0.3) is 0 Å². The summed E-state index contributed by atoms with van der Waals surface area (Å²) in [5.74, 6) is 0. The zero-order chi connectivity index (χ0) is 11.1. The summed E-state index contributed by atoms with van der Waals surface area (Å²) in [7, 11) is 0. The lowest BCUT2D eigenvalue weighted by Crippen LogP contribution is -2.34. The number of ether oxygens (including phenoxy) is 1. The SMILES string of the molecule is CC(C)(C)OC(=O)N1CC=C2N=CC=C21. The number of fused-ring (bicyclic) bond motifs is 1. The van der Waals surface area contributed by atoms with Crippen LogP contribution < -0.4 is 0 Å². The zero-order valence-electron chi connectivity index (χ0n) is 9.15. The molecule has 80 valence electrons. The van der Waals surface area contributed by atoms with Gasteiger partial charge in [0.15, 0.2) is 0 Å². The number of amides is 1. The molecule has 2 aliphatic heterocycles. The van der Waals surface area contributed by atoms with Gasteiger partial charge in [-0.1, -0.05) is 0 Å². The first-order valence-electron chi connectivity index (χ1n) is 4.93. The normalized spacial score (nSPS) is 18.7. The van der Waals surface area contributed by atoms with Gasteiger partial charge in [0, 0.05) is 12.8 Å². The summed E-state index contributed by atoms with van der Waals surface area (Å²) in [5, 5.41) is 0. The van der Waals surface area contributed by atoms with Crippen molar-refractivity contribution in [1.29, 1.82) is 0 Å². The molecule has 0 aromatic carbocycles. The molecule has 2 rings (SSSR count). The lowest BCUT2D eigenvalue weighted by Gasteiger charge is -2.24. The van der Waals surface area contributed by atoms with E-state index in [4.69, 9.17) is 4.74 Å². The zero-order valence-corrected chi connectivity index (χ0v) is 9.15. The Morgan fingerprint density at radius 2 is 2.27 bits per heavy atom. The Morgan fingerprint density at radius 3 is 2.93 bits per heavy atom. The largest absolute Gasteiger partial charge is 0.443 e. The molecule has 0 radical (unpaired) electrons.